The smallest absolute Gasteiger partial charge is 0.317 e. The lowest BCUT2D eigenvalue weighted by atomic mass is 9.79. The Labute approximate surface area is 136 Å². The summed E-state index contributed by atoms with van der Waals surface area (Å²) < 4.78 is 13.2. The van der Waals surface area contributed by atoms with Gasteiger partial charge in [0.1, 0.15) is 5.82 Å². The highest BCUT2D eigenvalue weighted by Gasteiger charge is 2.37. The number of likely N-dealkylation sites (tertiary alicyclic amines) is 1. The van der Waals surface area contributed by atoms with E-state index in [0.29, 0.717) is 13.1 Å². The van der Waals surface area contributed by atoms with Gasteiger partial charge < -0.3 is 15.3 Å². The number of carbonyl (C=O) groups is 1. The number of urea groups is 1. The molecule has 1 saturated heterocycles. The normalized spacial score (nSPS) is 23.2. The van der Waals surface area contributed by atoms with Crippen molar-refractivity contribution in [3.63, 3.8) is 0 Å². The van der Waals surface area contributed by atoms with Crippen LogP contribution < -0.4 is 5.32 Å². The molecule has 1 aromatic rings. The summed E-state index contributed by atoms with van der Waals surface area (Å²) in [5, 5.41) is 12.4. The van der Waals surface area contributed by atoms with Gasteiger partial charge in [-0.2, -0.15) is 0 Å². The van der Waals surface area contributed by atoms with Crippen LogP contribution >= 0.6 is 0 Å². The molecule has 2 fully saturated rings. The van der Waals surface area contributed by atoms with E-state index in [-0.39, 0.29) is 29.9 Å². The predicted octanol–water partition coefficient (Wildman–Crippen LogP) is 2.80. The van der Waals surface area contributed by atoms with Crippen LogP contribution in [0.25, 0.3) is 0 Å². The van der Waals surface area contributed by atoms with E-state index in [0.717, 1.165) is 44.1 Å². The molecule has 1 aromatic carbocycles. The van der Waals surface area contributed by atoms with Crippen LogP contribution in [-0.4, -0.2) is 41.8 Å². The zero-order chi connectivity index (χ0) is 16.3. The summed E-state index contributed by atoms with van der Waals surface area (Å²) in [7, 11) is 0. The van der Waals surface area contributed by atoms with Gasteiger partial charge in [-0.3, -0.25) is 0 Å². The molecule has 3 rings (SSSR count). The van der Waals surface area contributed by atoms with E-state index in [1.54, 1.807) is 4.90 Å². The van der Waals surface area contributed by atoms with Crippen LogP contribution in [0.2, 0.25) is 0 Å². The lowest BCUT2D eigenvalue weighted by Gasteiger charge is -2.32. The molecule has 1 aliphatic heterocycles. The van der Waals surface area contributed by atoms with Gasteiger partial charge in [0.25, 0.3) is 0 Å². The van der Waals surface area contributed by atoms with Gasteiger partial charge in [-0.05, 0) is 43.4 Å². The van der Waals surface area contributed by atoms with E-state index in [1.807, 2.05) is 12.1 Å². The summed E-state index contributed by atoms with van der Waals surface area (Å²) in [5.41, 5.74) is 1.02. The highest BCUT2D eigenvalue weighted by atomic mass is 19.1. The van der Waals surface area contributed by atoms with Crippen LogP contribution in [0.1, 0.15) is 44.1 Å². The lowest BCUT2D eigenvalue weighted by molar-refractivity contribution is 0.155. The third kappa shape index (κ3) is 3.34. The topological polar surface area (TPSA) is 52.6 Å². The van der Waals surface area contributed by atoms with Crippen molar-refractivity contribution in [3.8, 4) is 0 Å². The van der Waals surface area contributed by atoms with Crippen LogP contribution in [0.4, 0.5) is 9.18 Å². The second-order valence-electron chi connectivity index (χ2n) is 6.83. The Morgan fingerprint density at radius 2 is 1.96 bits per heavy atom. The molecule has 126 valence electrons. The minimum absolute atomic E-state index is 0.0243. The second kappa shape index (κ2) is 6.87. The first kappa shape index (κ1) is 16.2. The number of halogens is 1. The number of benzene rings is 1. The third-order valence-corrected chi connectivity index (χ3v) is 5.44. The van der Waals surface area contributed by atoms with E-state index in [2.05, 4.69) is 5.32 Å². The maximum Gasteiger partial charge on any atom is 0.317 e. The molecular formula is C18H25FN2O2. The first-order valence-corrected chi connectivity index (χ1v) is 8.56. The molecule has 5 heteroatoms. The van der Waals surface area contributed by atoms with Crippen molar-refractivity contribution in [3.05, 3.63) is 35.6 Å². The summed E-state index contributed by atoms with van der Waals surface area (Å²) in [4.78, 5) is 14.2. The number of aliphatic hydroxyl groups excluding tert-OH is 1. The van der Waals surface area contributed by atoms with E-state index in [4.69, 9.17) is 0 Å². The van der Waals surface area contributed by atoms with Crippen molar-refractivity contribution in [2.24, 2.45) is 0 Å². The Balaban J connectivity index is 1.68. The SMILES string of the molecule is O=C(NCC1(c2ccc(F)cc2)CCCC1)N1CCC[C@H]1CO. The van der Waals surface area contributed by atoms with Crippen molar-refractivity contribution < 1.29 is 14.3 Å². The van der Waals surface area contributed by atoms with Crippen LogP contribution in [0, 0.1) is 5.82 Å². The lowest BCUT2D eigenvalue weighted by Crippen LogP contribution is -2.48. The molecular weight excluding hydrogens is 295 g/mol. The van der Waals surface area contributed by atoms with Crippen LogP contribution in [0.15, 0.2) is 24.3 Å². The Morgan fingerprint density at radius 1 is 1.26 bits per heavy atom. The number of nitrogens with one attached hydrogen (secondary N) is 1. The Bertz CT molecular complexity index is 540. The average molecular weight is 320 g/mol. The third-order valence-electron chi connectivity index (χ3n) is 5.44. The fraction of sp³-hybridized carbons (Fsp3) is 0.611. The first-order chi connectivity index (χ1) is 11.1. The summed E-state index contributed by atoms with van der Waals surface area (Å²) in [6.07, 6.45) is 6.12. The van der Waals surface area contributed by atoms with E-state index >= 15 is 0 Å². The molecule has 0 radical (unpaired) electrons. The van der Waals surface area contributed by atoms with Gasteiger partial charge in [0, 0.05) is 18.5 Å². The molecule has 2 amide bonds. The summed E-state index contributed by atoms with van der Waals surface area (Å²) in [5.74, 6) is -0.228. The van der Waals surface area contributed by atoms with Crippen molar-refractivity contribution in [1.29, 1.82) is 0 Å². The van der Waals surface area contributed by atoms with Gasteiger partial charge in [-0.25, -0.2) is 9.18 Å². The highest BCUT2D eigenvalue weighted by molar-refractivity contribution is 5.75. The minimum atomic E-state index is -0.228. The monoisotopic (exact) mass is 320 g/mol. The molecule has 0 bridgehead atoms. The van der Waals surface area contributed by atoms with Gasteiger partial charge in [0.2, 0.25) is 0 Å². The standard InChI is InChI=1S/C18H25FN2O2/c19-15-7-5-14(6-8-15)18(9-1-2-10-18)13-20-17(23)21-11-3-4-16(21)12-22/h5-8,16,22H,1-4,9-13H2,(H,20,23)/t16-/m0/s1. The molecule has 0 unspecified atom stereocenters. The van der Waals surface area contributed by atoms with Crippen LogP contribution in [0.5, 0.6) is 0 Å². The number of hydrogen-bond acceptors (Lipinski definition) is 2. The Kier molecular flexibility index (Phi) is 4.85. The van der Waals surface area contributed by atoms with Gasteiger partial charge in [-0.15, -0.1) is 0 Å². The van der Waals surface area contributed by atoms with E-state index in [9.17, 15) is 14.3 Å². The van der Waals surface area contributed by atoms with Gasteiger partial charge >= 0.3 is 6.03 Å². The van der Waals surface area contributed by atoms with Crippen LogP contribution in [-0.2, 0) is 5.41 Å². The molecule has 1 aliphatic carbocycles. The van der Waals surface area contributed by atoms with E-state index < -0.39 is 0 Å². The Hall–Kier alpha value is -1.62. The average Bonchev–Trinajstić information content (AvgIpc) is 3.23. The molecule has 1 saturated carbocycles. The maximum absolute atomic E-state index is 13.2. The molecule has 4 nitrogen and oxygen atoms in total. The fourth-order valence-corrected chi connectivity index (χ4v) is 4.06. The predicted molar refractivity (Wildman–Crippen MR) is 86.8 cm³/mol. The quantitative estimate of drug-likeness (QED) is 0.896. The van der Waals surface area contributed by atoms with Crippen molar-refractivity contribution in [2.45, 2.75) is 50.0 Å². The van der Waals surface area contributed by atoms with Gasteiger partial charge in [0.05, 0.1) is 12.6 Å². The summed E-state index contributed by atoms with van der Waals surface area (Å²) in [6.45, 7) is 1.31. The molecule has 1 atom stereocenters. The zero-order valence-electron chi connectivity index (χ0n) is 13.4. The number of carbonyl (C=O) groups excluding carboxylic acids is 1. The maximum atomic E-state index is 13.2. The van der Waals surface area contributed by atoms with Crippen LogP contribution in [0.3, 0.4) is 0 Å². The number of amides is 2. The number of aliphatic hydroxyl groups is 1. The second-order valence-corrected chi connectivity index (χ2v) is 6.83. The van der Waals surface area contributed by atoms with Crippen molar-refractivity contribution in [2.75, 3.05) is 19.7 Å². The largest absolute Gasteiger partial charge is 0.394 e. The number of hydrogen-bond donors (Lipinski definition) is 2. The molecule has 0 spiro atoms. The first-order valence-electron chi connectivity index (χ1n) is 8.56. The molecule has 2 N–H and O–H groups in total. The fourth-order valence-electron chi connectivity index (χ4n) is 4.06. The Morgan fingerprint density at radius 3 is 2.61 bits per heavy atom. The minimum Gasteiger partial charge on any atom is -0.394 e. The molecule has 23 heavy (non-hydrogen) atoms. The van der Waals surface area contributed by atoms with E-state index in [1.165, 1.54) is 12.1 Å². The summed E-state index contributed by atoms with van der Waals surface area (Å²) in [6, 6.07) is 6.55. The zero-order valence-corrected chi connectivity index (χ0v) is 13.4. The highest BCUT2D eigenvalue weighted by Crippen LogP contribution is 2.40. The molecule has 2 aliphatic rings. The number of rotatable bonds is 4. The van der Waals surface area contributed by atoms with Gasteiger partial charge in [-0.1, -0.05) is 25.0 Å². The van der Waals surface area contributed by atoms with Gasteiger partial charge in [0.15, 0.2) is 0 Å². The number of nitrogens with zero attached hydrogens (tertiary/aromatic N) is 1. The molecule has 1 heterocycles. The summed E-state index contributed by atoms with van der Waals surface area (Å²) >= 11 is 0. The molecule has 0 aromatic heterocycles. The van der Waals surface area contributed by atoms with Crippen molar-refractivity contribution >= 4 is 6.03 Å². The van der Waals surface area contributed by atoms with Crippen molar-refractivity contribution in [1.82, 2.24) is 10.2 Å².